The lowest BCUT2D eigenvalue weighted by molar-refractivity contribution is 0.0934. The molecule has 1 amide bonds. The average molecular weight is 312 g/mol. The van der Waals surface area contributed by atoms with E-state index in [0.29, 0.717) is 24.6 Å². The molecule has 0 aliphatic carbocycles. The Bertz CT molecular complexity index is 607. The second-order valence-corrected chi connectivity index (χ2v) is 6.76. The fourth-order valence-electron chi connectivity index (χ4n) is 2.31. The number of amides is 1. The third-order valence-corrected chi connectivity index (χ3v) is 5.53. The number of hydrogen-bond acceptors (Lipinski definition) is 4. The van der Waals surface area contributed by atoms with Gasteiger partial charge in [-0.15, -0.1) is 0 Å². The topological polar surface area (TPSA) is 66.9 Å². The summed E-state index contributed by atoms with van der Waals surface area (Å²) in [4.78, 5) is 13.5. The van der Waals surface area contributed by atoms with Crippen LogP contribution in [0.2, 0.25) is 0 Å². The summed E-state index contributed by atoms with van der Waals surface area (Å²) >= 11 is 0. The summed E-state index contributed by atoms with van der Waals surface area (Å²) in [6.07, 6.45) is -0.384. The summed E-state index contributed by atoms with van der Waals surface area (Å²) in [7, 11) is -3.50. The van der Waals surface area contributed by atoms with Crippen molar-refractivity contribution in [2.45, 2.75) is 18.7 Å². The Hall–Kier alpha value is -1.60. The second kappa shape index (κ2) is 6.44. The van der Waals surface area contributed by atoms with Crippen LogP contribution in [0.15, 0.2) is 29.2 Å². The number of carbonyl (C=O) groups is 1. The maximum Gasteiger partial charge on any atom is 0.409 e. The molecular weight excluding hydrogens is 292 g/mol. The van der Waals surface area contributed by atoms with E-state index in [4.69, 9.17) is 4.74 Å². The summed E-state index contributed by atoms with van der Waals surface area (Å²) in [5.41, 5.74) is 0.727. The number of carbonyl (C=O) groups excluding carboxylic acids is 1. The highest BCUT2D eigenvalue weighted by Crippen LogP contribution is 2.20. The van der Waals surface area contributed by atoms with Crippen LogP contribution in [0.3, 0.4) is 0 Å². The van der Waals surface area contributed by atoms with Gasteiger partial charge in [-0.1, -0.05) is 18.2 Å². The number of sulfonamides is 1. The van der Waals surface area contributed by atoms with E-state index in [1.54, 1.807) is 32.0 Å². The number of piperazine rings is 1. The molecule has 0 unspecified atom stereocenters. The summed E-state index contributed by atoms with van der Waals surface area (Å²) in [6, 6.07) is 6.92. The second-order valence-electron chi connectivity index (χ2n) is 4.86. The van der Waals surface area contributed by atoms with Gasteiger partial charge in [0, 0.05) is 26.2 Å². The molecule has 0 spiro atoms. The molecule has 0 radical (unpaired) electrons. The minimum Gasteiger partial charge on any atom is -0.450 e. The largest absolute Gasteiger partial charge is 0.450 e. The van der Waals surface area contributed by atoms with Crippen LogP contribution in [0.1, 0.15) is 12.5 Å². The molecule has 0 atom stereocenters. The molecule has 1 aliphatic heterocycles. The molecule has 0 N–H and O–H groups in total. The lowest BCUT2D eigenvalue weighted by Crippen LogP contribution is -2.50. The zero-order chi connectivity index (χ0) is 15.5. The summed E-state index contributed by atoms with van der Waals surface area (Å²) in [5, 5.41) is 0. The molecule has 0 aromatic heterocycles. The van der Waals surface area contributed by atoms with Crippen molar-refractivity contribution in [3.63, 3.8) is 0 Å². The first-order valence-corrected chi connectivity index (χ1v) is 8.38. The minimum absolute atomic E-state index is 0.287. The Morgan fingerprint density at radius 1 is 1.19 bits per heavy atom. The highest BCUT2D eigenvalue weighted by atomic mass is 32.2. The average Bonchev–Trinajstić information content (AvgIpc) is 2.48. The zero-order valence-corrected chi connectivity index (χ0v) is 13.1. The van der Waals surface area contributed by atoms with Gasteiger partial charge in [0.1, 0.15) is 0 Å². The van der Waals surface area contributed by atoms with Crippen LogP contribution in [-0.4, -0.2) is 56.5 Å². The molecule has 2 rings (SSSR count). The molecule has 1 aromatic rings. The maximum atomic E-state index is 12.6. The first-order valence-electron chi connectivity index (χ1n) is 6.94. The smallest absolute Gasteiger partial charge is 0.409 e. The van der Waals surface area contributed by atoms with E-state index >= 15 is 0 Å². The predicted molar refractivity (Wildman–Crippen MR) is 78.5 cm³/mol. The molecule has 6 nitrogen and oxygen atoms in total. The predicted octanol–water partition coefficient (Wildman–Crippen LogP) is 1.46. The van der Waals surface area contributed by atoms with Crippen molar-refractivity contribution in [3.05, 3.63) is 29.8 Å². The summed E-state index contributed by atoms with van der Waals surface area (Å²) in [6.45, 7) is 5.12. The molecule has 0 bridgehead atoms. The van der Waals surface area contributed by atoms with Crippen LogP contribution >= 0.6 is 0 Å². The Labute approximate surface area is 125 Å². The molecular formula is C14H20N2O4S. The van der Waals surface area contributed by atoms with Gasteiger partial charge < -0.3 is 9.64 Å². The molecule has 1 saturated heterocycles. The first-order chi connectivity index (χ1) is 9.96. The first kappa shape index (κ1) is 15.8. The number of aryl methyl sites for hydroxylation is 1. The van der Waals surface area contributed by atoms with E-state index in [-0.39, 0.29) is 19.2 Å². The Balaban J connectivity index is 2.08. The van der Waals surface area contributed by atoms with Crippen molar-refractivity contribution < 1.29 is 17.9 Å². The van der Waals surface area contributed by atoms with E-state index in [0.717, 1.165) is 5.56 Å². The lowest BCUT2D eigenvalue weighted by Gasteiger charge is -2.33. The molecule has 1 aliphatic rings. The highest BCUT2D eigenvalue weighted by Gasteiger charge is 2.31. The van der Waals surface area contributed by atoms with Gasteiger partial charge in [-0.3, -0.25) is 0 Å². The van der Waals surface area contributed by atoms with Crippen molar-refractivity contribution in [2.24, 2.45) is 0 Å². The number of rotatable bonds is 3. The number of hydrogen-bond donors (Lipinski definition) is 0. The monoisotopic (exact) mass is 312 g/mol. The van der Waals surface area contributed by atoms with E-state index in [1.807, 2.05) is 6.07 Å². The number of benzene rings is 1. The van der Waals surface area contributed by atoms with Gasteiger partial charge in [0.25, 0.3) is 0 Å². The zero-order valence-electron chi connectivity index (χ0n) is 12.3. The van der Waals surface area contributed by atoms with Gasteiger partial charge in [0.15, 0.2) is 0 Å². The maximum absolute atomic E-state index is 12.6. The third-order valence-electron chi connectivity index (χ3n) is 3.48. The minimum atomic E-state index is -3.50. The van der Waals surface area contributed by atoms with Crippen molar-refractivity contribution in [1.29, 1.82) is 0 Å². The van der Waals surface area contributed by atoms with Gasteiger partial charge in [-0.25, -0.2) is 13.2 Å². The van der Waals surface area contributed by atoms with Crippen LogP contribution in [-0.2, 0) is 14.8 Å². The van der Waals surface area contributed by atoms with Crippen molar-refractivity contribution in [3.8, 4) is 0 Å². The highest BCUT2D eigenvalue weighted by molar-refractivity contribution is 7.89. The Morgan fingerprint density at radius 3 is 2.38 bits per heavy atom. The van der Waals surface area contributed by atoms with E-state index in [1.165, 1.54) is 9.21 Å². The molecule has 1 heterocycles. The number of ether oxygens (including phenoxy) is 1. The third kappa shape index (κ3) is 3.36. The van der Waals surface area contributed by atoms with Gasteiger partial charge >= 0.3 is 6.09 Å². The quantitative estimate of drug-likeness (QED) is 0.847. The normalized spacial score (nSPS) is 16.8. The van der Waals surface area contributed by atoms with Crippen LogP contribution in [0.5, 0.6) is 0 Å². The van der Waals surface area contributed by atoms with E-state index < -0.39 is 10.0 Å². The SMILES string of the molecule is CCOC(=O)N1CCN(S(=O)(=O)c2ccccc2C)CC1. The van der Waals surface area contributed by atoms with Crippen LogP contribution < -0.4 is 0 Å². The molecule has 21 heavy (non-hydrogen) atoms. The van der Waals surface area contributed by atoms with Gasteiger partial charge in [-0.05, 0) is 25.5 Å². The molecule has 1 aromatic carbocycles. The standard InChI is InChI=1S/C14H20N2O4S/c1-3-20-14(17)15-8-10-16(11-9-15)21(18,19)13-7-5-4-6-12(13)2/h4-7H,3,8-11H2,1-2H3. The van der Waals surface area contributed by atoms with E-state index in [2.05, 4.69) is 0 Å². The van der Waals surface area contributed by atoms with Crippen LogP contribution in [0.4, 0.5) is 4.79 Å². The Kier molecular flexibility index (Phi) is 4.84. The van der Waals surface area contributed by atoms with Crippen molar-refractivity contribution >= 4 is 16.1 Å². The van der Waals surface area contributed by atoms with Crippen LogP contribution in [0.25, 0.3) is 0 Å². The summed E-state index contributed by atoms with van der Waals surface area (Å²) < 4.78 is 31.5. The molecule has 0 saturated carbocycles. The lowest BCUT2D eigenvalue weighted by atomic mass is 10.2. The number of nitrogens with zero attached hydrogens (tertiary/aromatic N) is 2. The van der Waals surface area contributed by atoms with Gasteiger partial charge in [-0.2, -0.15) is 4.31 Å². The molecule has 116 valence electrons. The van der Waals surface area contributed by atoms with E-state index in [9.17, 15) is 13.2 Å². The van der Waals surface area contributed by atoms with Crippen molar-refractivity contribution in [1.82, 2.24) is 9.21 Å². The molecule has 1 fully saturated rings. The fraction of sp³-hybridized carbons (Fsp3) is 0.500. The summed E-state index contributed by atoms with van der Waals surface area (Å²) in [5.74, 6) is 0. The van der Waals surface area contributed by atoms with Gasteiger partial charge in [0.05, 0.1) is 11.5 Å². The van der Waals surface area contributed by atoms with Crippen LogP contribution in [0, 0.1) is 6.92 Å². The molecule has 7 heteroatoms. The van der Waals surface area contributed by atoms with Gasteiger partial charge in [0.2, 0.25) is 10.0 Å². The Morgan fingerprint density at radius 2 is 1.81 bits per heavy atom. The fourth-order valence-corrected chi connectivity index (χ4v) is 3.96. The van der Waals surface area contributed by atoms with Crippen molar-refractivity contribution in [2.75, 3.05) is 32.8 Å².